The van der Waals surface area contributed by atoms with Crippen LogP contribution in [0.1, 0.15) is 23.6 Å². The van der Waals surface area contributed by atoms with Gasteiger partial charge in [0, 0.05) is 37.0 Å². The van der Waals surface area contributed by atoms with Gasteiger partial charge < -0.3 is 26.0 Å². The van der Waals surface area contributed by atoms with E-state index in [4.69, 9.17) is 0 Å². The third-order valence-corrected chi connectivity index (χ3v) is 5.96. The summed E-state index contributed by atoms with van der Waals surface area (Å²) in [5.74, 6) is -1.93. The summed E-state index contributed by atoms with van der Waals surface area (Å²) in [6, 6.07) is 18.2. The van der Waals surface area contributed by atoms with Crippen LogP contribution in [0.5, 0.6) is 0 Å². The van der Waals surface area contributed by atoms with Gasteiger partial charge in [-0.15, -0.1) is 0 Å². The molecule has 0 aromatic heterocycles. The largest absolute Gasteiger partial charge is 0.481 e. The maximum Gasteiger partial charge on any atom is 0.307 e. The summed E-state index contributed by atoms with van der Waals surface area (Å²) in [4.78, 5) is 38.1. The zero-order valence-corrected chi connectivity index (χ0v) is 20.5. The van der Waals surface area contributed by atoms with E-state index in [2.05, 4.69) is 16.0 Å². The van der Waals surface area contributed by atoms with Crippen molar-refractivity contribution in [3.05, 3.63) is 89.2 Å². The van der Waals surface area contributed by atoms with Crippen LogP contribution in [0, 0.1) is 5.82 Å². The fourth-order valence-electron chi connectivity index (χ4n) is 4.24. The minimum absolute atomic E-state index is 0.0829. The fraction of sp³-hybridized carbons (Fsp3) is 0.179. The van der Waals surface area contributed by atoms with Crippen molar-refractivity contribution in [2.75, 3.05) is 35.7 Å². The molecule has 0 saturated heterocycles. The summed E-state index contributed by atoms with van der Waals surface area (Å²) in [6.07, 6.45) is -0.174. The van der Waals surface area contributed by atoms with Crippen LogP contribution < -0.4 is 20.9 Å². The van der Waals surface area contributed by atoms with Crippen molar-refractivity contribution in [1.82, 2.24) is 5.32 Å². The van der Waals surface area contributed by atoms with Crippen molar-refractivity contribution in [2.24, 2.45) is 0 Å². The van der Waals surface area contributed by atoms with Gasteiger partial charge in [0.25, 0.3) is 5.91 Å². The molecule has 4 rings (SSSR count). The average Bonchev–Trinajstić information content (AvgIpc) is 3.17. The second-order valence-electron chi connectivity index (χ2n) is 8.61. The quantitative estimate of drug-likeness (QED) is 0.330. The highest BCUT2D eigenvalue weighted by molar-refractivity contribution is 6.37. The molecule has 2 amide bonds. The number of fused-ring (bicyclic) bond motifs is 1. The van der Waals surface area contributed by atoms with E-state index >= 15 is 0 Å². The molecule has 0 spiro atoms. The second kappa shape index (κ2) is 11.0. The predicted molar refractivity (Wildman–Crippen MR) is 142 cm³/mol. The molecule has 9 heteroatoms. The van der Waals surface area contributed by atoms with Gasteiger partial charge in [0.05, 0.1) is 23.4 Å². The molecule has 0 saturated carbocycles. The molecule has 37 heavy (non-hydrogen) atoms. The number of nitrogens with zero attached hydrogens (tertiary/aromatic N) is 1. The zero-order chi connectivity index (χ0) is 26.5. The van der Waals surface area contributed by atoms with Crippen molar-refractivity contribution in [3.8, 4) is 0 Å². The van der Waals surface area contributed by atoms with Gasteiger partial charge in [-0.05, 0) is 66.7 Å². The number of nitrogens with one attached hydrogen (secondary N) is 3. The SMILES string of the molecule is CNCCN(C(C)=O)c1ccc(NC(=C2C(=O)Nc3cc(F)ccc32)c2cccc(CC(=O)O)c2)cc1. The highest BCUT2D eigenvalue weighted by Crippen LogP contribution is 2.38. The lowest BCUT2D eigenvalue weighted by Crippen LogP contribution is -2.34. The standard InChI is InChI=1S/C28H27FN4O4/c1-17(34)33(13-12-30-2)22-9-7-21(8-10-22)31-27(19-5-3-4-18(14-19)15-25(35)36)26-23-11-6-20(29)16-24(23)32-28(26)37/h3-11,14,16,30-31H,12-13,15H2,1-2H3,(H,32,37)(H,35,36). The van der Waals surface area contributed by atoms with Gasteiger partial charge in [-0.3, -0.25) is 14.4 Å². The zero-order valence-electron chi connectivity index (χ0n) is 20.5. The molecule has 0 atom stereocenters. The van der Waals surface area contributed by atoms with E-state index in [1.807, 2.05) is 7.05 Å². The highest BCUT2D eigenvalue weighted by Gasteiger charge is 2.29. The smallest absolute Gasteiger partial charge is 0.307 e. The molecular weight excluding hydrogens is 475 g/mol. The average molecular weight is 503 g/mol. The van der Waals surface area contributed by atoms with Gasteiger partial charge >= 0.3 is 5.97 Å². The van der Waals surface area contributed by atoms with Crippen LogP contribution in [0.2, 0.25) is 0 Å². The number of halogens is 1. The van der Waals surface area contributed by atoms with Gasteiger partial charge in [0.2, 0.25) is 5.91 Å². The number of carbonyl (C=O) groups excluding carboxylic acids is 2. The first kappa shape index (κ1) is 25.6. The van der Waals surface area contributed by atoms with E-state index in [0.29, 0.717) is 52.4 Å². The molecule has 0 unspecified atom stereocenters. The maximum absolute atomic E-state index is 13.8. The van der Waals surface area contributed by atoms with E-state index < -0.39 is 17.7 Å². The van der Waals surface area contributed by atoms with E-state index in [1.54, 1.807) is 53.4 Å². The normalized spacial score (nSPS) is 13.5. The summed E-state index contributed by atoms with van der Waals surface area (Å²) in [7, 11) is 1.82. The molecule has 1 aliphatic heterocycles. The van der Waals surface area contributed by atoms with Crippen LogP contribution in [0.4, 0.5) is 21.5 Å². The monoisotopic (exact) mass is 502 g/mol. The maximum atomic E-state index is 13.8. The number of anilines is 3. The van der Waals surface area contributed by atoms with Crippen LogP contribution in [0.15, 0.2) is 66.7 Å². The van der Waals surface area contributed by atoms with Gasteiger partial charge in [0.15, 0.2) is 0 Å². The highest BCUT2D eigenvalue weighted by atomic mass is 19.1. The number of carbonyl (C=O) groups is 3. The Morgan fingerprint density at radius 1 is 1.05 bits per heavy atom. The number of benzene rings is 3. The minimum atomic E-state index is -0.970. The van der Waals surface area contributed by atoms with E-state index in [9.17, 15) is 23.9 Å². The predicted octanol–water partition coefficient (Wildman–Crippen LogP) is 3.96. The van der Waals surface area contributed by atoms with Crippen molar-refractivity contribution in [2.45, 2.75) is 13.3 Å². The number of rotatable bonds is 9. The lowest BCUT2D eigenvalue weighted by molar-refractivity contribution is -0.136. The minimum Gasteiger partial charge on any atom is -0.481 e. The topological polar surface area (TPSA) is 111 Å². The molecule has 1 aliphatic rings. The molecule has 1 heterocycles. The van der Waals surface area contributed by atoms with Crippen LogP contribution in [0.25, 0.3) is 11.3 Å². The Bertz CT molecular complexity index is 1390. The lowest BCUT2D eigenvalue weighted by atomic mass is 9.98. The Morgan fingerprint density at radius 2 is 1.81 bits per heavy atom. The van der Waals surface area contributed by atoms with Gasteiger partial charge in [0.1, 0.15) is 5.82 Å². The summed E-state index contributed by atoms with van der Waals surface area (Å²) in [5, 5.41) is 18.3. The number of hydrogen-bond donors (Lipinski definition) is 4. The van der Waals surface area contributed by atoms with E-state index in [0.717, 1.165) is 5.69 Å². The van der Waals surface area contributed by atoms with Crippen LogP contribution >= 0.6 is 0 Å². The number of aliphatic carboxylic acids is 1. The number of amides is 2. The van der Waals surface area contributed by atoms with Gasteiger partial charge in [-0.25, -0.2) is 4.39 Å². The van der Waals surface area contributed by atoms with E-state index in [1.165, 1.54) is 25.1 Å². The van der Waals surface area contributed by atoms with Crippen molar-refractivity contribution < 1.29 is 23.9 Å². The second-order valence-corrected chi connectivity index (χ2v) is 8.61. The first-order chi connectivity index (χ1) is 17.8. The van der Waals surface area contributed by atoms with Crippen molar-refractivity contribution in [3.63, 3.8) is 0 Å². The Hall–Kier alpha value is -4.50. The van der Waals surface area contributed by atoms with Crippen LogP contribution in [-0.4, -0.2) is 43.0 Å². The first-order valence-corrected chi connectivity index (χ1v) is 11.7. The molecule has 8 nitrogen and oxygen atoms in total. The Labute approximate surface area is 213 Å². The van der Waals surface area contributed by atoms with Gasteiger partial charge in [-0.1, -0.05) is 18.2 Å². The molecule has 0 bridgehead atoms. The first-order valence-electron chi connectivity index (χ1n) is 11.7. The molecular formula is C28H27FN4O4. The van der Waals surface area contributed by atoms with Gasteiger partial charge in [-0.2, -0.15) is 0 Å². The number of likely N-dealkylation sites (N-methyl/N-ethyl adjacent to an activating group) is 1. The molecule has 3 aromatic carbocycles. The van der Waals surface area contributed by atoms with Crippen LogP contribution in [0.3, 0.4) is 0 Å². The third kappa shape index (κ3) is 5.84. The molecule has 3 aromatic rings. The molecule has 190 valence electrons. The summed E-state index contributed by atoms with van der Waals surface area (Å²) in [5.41, 5.74) is 4.19. The molecule has 0 fully saturated rings. The lowest BCUT2D eigenvalue weighted by Gasteiger charge is -2.22. The summed E-state index contributed by atoms with van der Waals surface area (Å²) in [6.45, 7) is 2.66. The molecule has 0 aliphatic carbocycles. The number of carboxylic acid groups (broad SMARTS) is 1. The number of carboxylic acids is 1. The summed E-state index contributed by atoms with van der Waals surface area (Å²) < 4.78 is 13.8. The fourth-order valence-corrected chi connectivity index (χ4v) is 4.24. The third-order valence-electron chi connectivity index (χ3n) is 5.96. The Morgan fingerprint density at radius 3 is 2.49 bits per heavy atom. The molecule has 0 radical (unpaired) electrons. The van der Waals surface area contributed by atoms with Crippen molar-refractivity contribution in [1.29, 1.82) is 0 Å². The van der Waals surface area contributed by atoms with Crippen molar-refractivity contribution >= 4 is 46.1 Å². The number of hydrogen-bond acceptors (Lipinski definition) is 5. The van der Waals surface area contributed by atoms with E-state index in [-0.39, 0.29) is 12.3 Å². The Balaban J connectivity index is 1.77. The van der Waals surface area contributed by atoms with Crippen LogP contribution in [-0.2, 0) is 20.8 Å². The Kier molecular flexibility index (Phi) is 7.64. The molecule has 4 N–H and O–H groups in total. The summed E-state index contributed by atoms with van der Waals surface area (Å²) >= 11 is 0.